The van der Waals surface area contributed by atoms with Gasteiger partial charge in [-0.15, -0.1) is 0 Å². The molecule has 0 bridgehead atoms. The van der Waals surface area contributed by atoms with Crippen molar-refractivity contribution in [2.24, 2.45) is 5.92 Å². The molecule has 0 spiro atoms. The van der Waals surface area contributed by atoms with Crippen molar-refractivity contribution in [3.63, 3.8) is 0 Å². The summed E-state index contributed by atoms with van der Waals surface area (Å²) in [6.45, 7) is 3.54. The zero-order valence-corrected chi connectivity index (χ0v) is 18.6. The van der Waals surface area contributed by atoms with Crippen LogP contribution in [0.5, 0.6) is 5.75 Å². The number of sulfonamides is 1. The maximum Gasteiger partial charge on any atom is 0.242 e. The lowest BCUT2D eigenvalue weighted by Crippen LogP contribution is -2.47. The fourth-order valence-electron chi connectivity index (χ4n) is 3.34. The summed E-state index contributed by atoms with van der Waals surface area (Å²) in [7, 11) is -2.41. The van der Waals surface area contributed by atoms with Crippen LogP contribution in [0.25, 0.3) is 0 Å². The van der Waals surface area contributed by atoms with E-state index in [0.29, 0.717) is 36.4 Å². The molecule has 3 N–H and O–H groups in total. The highest BCUT2D eigenvalue weighted by atomic mass is 32.2. The second-order valence-corrected chi connectivity index (χ2v) is 9.50. The Morgan fingerprint density at radius 2 is 1.81 bits per heavy atom. The lowest BCUT2D eigenvalue weighted by Gasteiger charge is -2.22. The molecule has 2 aromatic carbocycles. The predicted molar refractivity (Wildman–Crippen MR) is 119 cm³/mol. The topological polar surface area (TPSA) is 114 Å². The number of hydrogen-bond donors (Lipinski definition) is 3. The minimum atomic E-state index is -3.95. The highest BCUT2D eigenvalue weighted by Gasteiger charge is 2.29. The number of fused-ring (bicyclic) bond motifs is 1. The van der Waals surface area contributed by atoms with Crippen LogP contribution in [0.4, 0.5) is 11.4 Å². The van der Waals surface area contributed by atoms with Crippen LogP contribution in [0.15, 0.2) is 47.4 Å². The third kappa shape index (κ3) is 5.62. The molecular formula is C22H27N3O5S. The summed E-state index contributed by atoms with van der Waals surface area (Å²) in [6, 6.07) is 10.4. The van der Waals surface area contributed by atoms with E-state index in [1.54, 1.807) is 57.4 Å². The van der Waals surface area contributed by atoms with Gasteiger partial charge in [0.15, 0.2) is 0 Å². The van der Waals surface area contributed by atoms with Gasteiger partial charge in [0.25, 0.3) is 0 Å². The Morgan fingerprint density at radius 3 is 2.45 bits per heavy atom. The van der Waals surface area contributed by atoms with Crippen molar-refractivity contribution >= 4 is 33.2 Å². The Hall–Kier alpha value is -2.91. The highest BCUT2D eigenvalue weighted by Crippen LogP contribution is 2.25. The van der Waals surface area contributed by atoms with E-state index in [1.165, 1.54) is 6.07 Å². The van der Waals surface area contributed by atoms with Crippen LogP contribution in [0.1, 0.15) is 32.3 Å². The van der Waals surface area contributed by atoms with Crippen molar-refractivity contribution in [1.82, 2.24) is 4.72 Å². The van der Waals surface area contributed by atoms with Gasteiger partial charge < -0.3 is 15.4 Å². The molecule has 0 radical (unpaired) electrons. The number of amides is 2. The first-order valence-electron chi connectivity index (χ1n) is 10.1. The molecule has 9 heteroatoms. The van der Waals surface area contributed by atoms with Crippen LogP contribution < -0.4 is 20.1 Å². The molecule has 0 saturated heterocycles. The first kappa shape index (κ1) is 22.8. The summed E-state index contributed by atoms with van der Waals surface area (Å²) >= 11 is 0. The largest absolute Gasteiger partial charge is 0.497 e. The fraction of sp³-hybridized carbons (Fsp3) is 0.364. The number of anilines is 2. The number of methoxy groups -OCH3 is 1. The van der Waals surface area contributed by atoms with E-state index in [4.69, 9.17) is 4.74 Å². The third-order valence-electron chi connectivity index (χ3n) is 5.10. The third-order valence-corrected chi connectivity index (χ3v) is 6.54. The summed E-state index contributed by atoms with van der Waals surface area (Å²) < 4.78 is 33.7. The van der Waals surface area contributed by atoms with E-state index < -0.39 is 22.0 Å². The Balaban J connectivity index is 1.78. The van der Waals surface area contributed by atoms with E-state index in [0.717, 1.165) is 5.56 Å². The van der Waals surface area contributed by atoms with Crippen LogP contribution >= 0.6 is 0 Å². The van der Waals surface area contributed by atoms with Gasteiger partial charge in [-0.2, -0.15) is 4.72 Å². The summed E-state index contributed by atoms with van der Waals surface area (Å²) in [6.07, 6.45) is 1.65. The maximum absolute atomic E-state index is 13.0. The van der Waals surface area contributed by atoms with E-state index in [1.807, 2.05) is 0 Å². The van der Waals surface area contributed by atoms with Gasteiger partial charge in [0.05, 0.1) is 12.0 Å². The first-order valence-corrected chi connectivity index (χ1v) is 11.6. The summed E-state index contributed by atoms with van der Waals surface area (Å²) in [5, 5.41) is 5.53. The molecule has 31 heavy (non-hydrogen) atoms. The van der Waals surface area contributed by atoms with Crippen molar-refractivity contribution in [2.75, 3.05) is 17.7 Å². The second-order valence-electron chi connectivity index (χ2n) is 7.78. The van der Waals surface area contributed by atoms with Crippen LogP contribution in [-0.2, 0) is 26.0 Å². The minimum Gasteiger partial charge on any atom is -0.497 e. The minimum absolute atomic E-state index is 0.0605. The molecule has 166 valence electrons. The Labute approximate surface area is 182 Å². The molecule has 8 nitrogen and oxygen atoms in total. The number of hydrogen-bond acceptors (Lipinski definition) is 5. The van der Waals surface area contributed by atoms with Crippen molar-refractivity contribution in [3.8, 4) is 5.75 Å². The summed E-state index contributed by atoms with van der Waals surface area (Å²) in [4.78, 5) is 24.6. The molecule has 1 heterocycles. The van der Waals surface area contributed by atoms with Gasteiger partial charge in [0.1, 0.15) is 11.8 Å². The summed E-state index contributed by atoms with van der Waals surface area (Å²) in [5.74, 6) is -0.167. The predicted octanol–water partition coefficient (Wildman–Crippen LogP) is 2.91. The van der Waals surface area contributed by atoms with Gasteiger partial charge in [0, 0.05) is 17.8 Å². The maximum atomic E-state index is 13.0. The Morgan fingerprint density at radius 1 is 1.10 bits per heavy atom. The van der Waals surface area contributed by atoms with Crippen molar-refractivity contribution in [3.05, 3.63) is 48.0 Å². The quantitative estimate of drug-likeness (QED) is 0.606. The second kappa shape index (κ2) is 9.49. The molecule has 0 saturated carbocycles. The van der Waals surface area contributed by atoms with Gasteiger partial charge in [-0.25, -0.2) is 8.42 Å². The summed E-state index contributed by atoms with van der Waals surface area (Å²) in [5.41, 5.74) is 1.92. The monoisotopic (exact) mass is 445 g/mol. The van der Waals surface area contributed by atoms with Gasteiger partial charge >= 0.3 is 0 Å². The fourth-order valence-corrected chi connectivity index (χ4v) is 4.73. The normalized spacial score (nSPS) is 14.9. The first-order chi connectivity index (χ1) is 14.7. The van der Waals surface area contributed by atoms with E-state index >= 15 is 0 Å². The van der Waals surface area contributed by atoms with E-state index in [9.17, 15) is 18.0 Å². The average Bonchev–Trinajstić information content (AvgIpc) is 2.92. The van der Waals surface area contributed by atoms with Gasteiger partial charge in [0.2, 0.25) is 21.8 Å². The average molecular weight is 446 g/mol. The smallest absolute Gasteiger partial charge is 0.242 e. The zero-order chi connectivity index (χ0) is 22.6. The number of rotatable bonds is 7. The number of aryl methyl sites for hydroxylation is 1. The zero-order valence-electron chi connectivity index (χ0n) is 17.8. The van der Waals surface area contributed by atoms with Crippen LogP contribution in [-0.4, -0.2) is 33.4 Å². The Kier molecular flexibility index (Phi) is 6.97. The van der Waals surface area contributed by atoms with Crippen LogP contribution in [0, 0.1) is 5.92 Å². The molecule has 3 rings (SSSR count). The lowest BCUT2D eigenvalue weighted by atomic mass is 10.0. The molecular weight excluding hydrogens is 418 g/mol. The SMILES string of the molecule is COc1ccc(NC(=O)C(NS(=O)(=O)c2ccc3c(c2)CCCC(=O)N3)C(C)C)cc1. The molecule has 1 atom stereocenters. The van der Waals surface area contributed by atoms with Gasteiger partial charge in [-0.1, -0.05) is 13.8 Å². The number of carbonyl (C=O) groups excluding carboxylic acids is 2. The van der Waals surface area contributed by atoms with Gasteiger partial charge in [-0.3, -0.25) is 9.59 Å². The van der Waals surface area contributed by atoms with Crippen molar-refractivity contribution in [1.29, 1.82) is 0 Å². The van der Waals surface area contributed by atoms with Crippen molar-refractivity contribution in [2.45, 2.75) is 44.0 Å². The van der Waals surface area contributed by atoms with E-state index in [2.05, 4.69) is 15.4 Å². The molecule has 1 unspecified atom stereocenters. The molecule has 2 aromatic rings. The number of nitrogens with one attached hydrogen (secondary N) is 3. The standard InChI is InChI=1S/C22H27N3O5S/c1-14(2)21(22(27)23-16-7-9-17(30-3)10-8-16)25-31(28,29)18-11-12-19-15(13-18)5-4-6-20(26)24-19/h7-14,21,25H,4-6H2,1-3H3,(H,23,27)(H,24,26). The van der Waals surface area contributed by atoms with E-state index in [-0.39, 0.29) is 16.7 Å². The van der Waals surface area contributed by atoms with Crippen LogP contribution in [0.2, 0.25) is 0 Å². The molecule has 0 fully saturated rings. The molecule has 1 aliphatic heterocycles. The van der Waals surface area contributed by atoms with Crippen LogP contribution in [0.3, 0.4) is 0 Å². The molecule has 0 aliphatic carbocycles. The number of ether oxygens (including phenoxy) is 1. The Bertz CT molecular complexity index is 1070. The molecule has 2 amide bonds. The van der Waals surface area contributed by atoms with Crippen molar-refractivity contribution < 1.29 is 22.7 Å². The molecule has 0 aromatic heterocycles. The van der Waals surface area contributed by atoms with Gasteiger partial charge in [-0.05, 0) is 66.8 Å². The number of carbonyl (C=O) groups is 2. The lowest BCUT2D eigenvalue weighted by molar-refractivity contribution is -0.118. The molecule has 1 aliphatic rings. The number of benzene rings is 2. The highest BCUT2D eigenvalue weighted by molar-refractivity contribution is 7.89.